The zero-order valence-corrected chi connectivity index (χ0v) is 9.21. The van der Waals surface area contributed by atoms with Crippen LogP contribution in [0.4, 0.5) is 0 Å². The summed E-state index contributed by atoms with van der Waals surface area (Å²) in [6, 6.07) is 3.73. The lowest BCUT2D eigenvalue weighted by Crippen LogP contribution is -2.07. The molecule has 0 saturated carbocycles. The molecule has 0 radical (unpaired) electrons. The summed E-state index contributed by atoms with van der Waals surface area (Å²) in [6.45, 7) is 3.58. The van der Waals surface area contributed by atoms with Crippen LogP contribution in [-0.4, -0.2) is 24.7 Å². The molecule has 0 aliphatic carbocycles. The second-order valence-corrected chi connectivity index (χ2v) is 3.32. The predicted molar refractivity (Wildman–Crippen MR) is 55.9 cm³/mol. The summed E-state index contributed by atoms with van der Waals surface area (Å²) >= 11 is 0. The number of hydrogen-bond acceptors (Lipinski definition) is 6. The van der Waals surface area contributed by atoms with Crippen LogP contribution in [0.15, 0.2) is 6.33 Å². The van der Waals surface area contributed by atoms with Gasteiger partial charge in [0.25, 0.3) is 5.95 Å². The van der Waals surface area contributed by atoms with E-state index >= 15 is 0 Å². The Morgan fingerprint density at radius 2 is 1.88 bits per heavy atom. The lowest BCUT2D eigenvalue weighted by atomic mass is 10.3. The van der Waals surface area contributed by atoms with E-state index in [9.17, 15) is 0 Å². The Kier molecular flexibility index (Phi) is 2.51. The van der Waals surface area contributed by atoms with Gasteiger partial charge in [-0.2, -0.15) is 15.6 Å². The van der Waals surface area contributed by atoms with E-state index in [1.54, 1.807) is 13.8 Å². The fraction of sp³-hybridized carbons (Fsp3) is 0.200. The smallest absolute Gasteiger partial charge is 0.255 e. The highest BCUT2D eigenvalue weighted by Crippen LogP contribution is 2.10. The normalized spacial score (nSPS) is 9.65. The average Bonchev–Trinajstić information content (AvgIpc) is 2.75. The quantitative estimate of drug-likeness (QED) is 0.696. The van der Waals surface area contributed by atoms with Crippen molar-refractivity contribution in [1.29, 1.82) is 10.5 Å². The van der Waals surface area contributed by atoms with E-state index in [1.165, 1.54) is 10.9 Å². The lowest BCUT2D eigenvalue weighted by Gasteiger charge is -2.02. The Bertz CT molecular complexity index is 656. The molecule has 2 aromatic rings. The van der Waals surface area contributed by atoms with E-state index in [-0.39, 0.29) is 17.3 Å². The highest BCUT2D eigenvalue weighted by atomic mass is 15.3. The van der Waals surface area contributed by atoms with Gasteiger partial charge < -0.3 is 0 Å². The Hall–Kier alpha value is -2.80. The molecule has 0 atom stereocenters. The van der Waals surface area contributed by atoms with Gasteiger partial charge in [-0.05, 0) is 13.8 Å². The Balaban J connectivity index is 2.62. The molecule has 0 aliphatic heterocycles. The van der Waals surface area contributed by atoms with Gasteiger partial charge in [-0.1, -0.05) is 0 Å². The molecule has 2 heterocycles. The number of aromatic nitrogens is 5. The van der Waals surface area contributed by atoms with Gasteiger partial charge in [-0.15, -0.1) is 5.10 Å². The van der Waals surface area contributed by atoms with Crippen molar-refractivity contribution in [2.24, 2.45) is 0 Å². The van der Waals surface area contributed by atoms with Crippen LogP contribution in [0.5, 0.6) is 0 Å². The van der Waals surface area contributed by atoms with E-state index in [0.29, 0.717) is 11.4 Å². The van der Waals surface area contributed by atoms with Crippen molar-refractivity contribution in [1.82, 2.24) is 24.7 Å². The molecule has 0 amide bonds. The van der Waals surface area contributed by atoms with Gasteiger partial charge in [0.15, 0.2) is 11.4 Å². The minimum absolute atomic E-state index is 0.0503. The van der Waals surface area contributed by atoms with E-state index in [4.69, 9.17) is 10.5 Å². The first-order valence-electron chi connectivity index (χ1n) is 4.73. The number of nitriles is 2. The molecule has 0 saturated heterocycles. The molecule has 0 unspecified atom stereocenters. The topological polar surface area (TPSA) is 104 Å². The van der Waals surface area contributed by atoms with E-state index in [1.807, 2.05) is 12.1 Å². The van der Waals surface area contributed by atoms with Gasteiger partial charge in [0.1, 0.15) is 18.5 Å². The minimum Gasteiger partial charge on any atom is -0.255 e. The van der Waals surface area contributed by atoms with Crippen LogP contribution in [0, 0.1) is 36.5 Å². The molecule has 0 aliphatic rings. The Labute approximate surface area is 97.0 Å². The summed E-state index contributed by atoms with van der Waals surface area (Å²) in [5.41, 5.74) is 1.59. The second kappa shape index (κ2) is 3.99. The maximum absolute atomic E-state index is 8.97. The third kappa shape index (κ3) is 1.70. The minimum atomic E-state index is 0.0503. The van der Waals surface area contributed by atoms with Crippen molar-refractivity contribution in [2.75, 3.05) is 0 Å². The van der Waals surface area contributed by atoms with Gasteiger partial charge in [0.05, 0.1) is 11.4 Å². The molecule has 7 nitrogen and oxygen atoms in total. The molecule has 2 aromatic heterocycles. The van der Waals surface area contributed by atoms with Crippen molar-refractivity contribution >= 4 is 0 Å². The lowest BCUT2D eigenvalue weighted by molar-refractivity contribution is 0.809. The van der Waals surface area contributed by atoms with Crippen LogP contribution in [0.2, 0.25) is 0 Å². The molecule has 0 bridgehead atoms. The van der Waals surface area contributed by atoms with Crippen LogP contribution in [0.1, 0.15) is 22.8 Å². The maximum Gasteiger partial charge on any atom is 0.256 e. The van der Waals surface area contributed by atoms with E-state index in [0.717, 1.165) is 0 Å². The van der Waals surface area contributed by atoms with Gasteiger partial charge in [-0.25, -0.2) is 9.97 Å². The average molecular weight is 225 g/mol. The van der Waals surface area contributed by atoms with Gasteiger partial charge in [0, 0.05) is 0 Å². The highest BCUT2D eigenvalue weighted by Gasteiger charge is 2.14. The first-order chi connectivity index (χ1) is 8.17. The van der Waals surface area contributed by atoms with Crippen LogP contribution in [0.25, 0.3) is 5.95 Å². The van der Waals surface area contributed by atoms with Crippen LogP contribution < -0.4 is 0 Å². The molecule has 7 heteroatoms. The second-order valence-electron chi connectivity index (χ2n) is 3.32. The summed E-state index contributed by atoms with van der Waals surface area (Å²) in [7, 11) is 0. The van der Waals surface area contributed by atoms with E-state index < -0.39 is 0 Å². The highest BCUT2D eigenvalue weighted by molar-refractivity contribution is 5.39. The van der Waals surface area contributed by atoms with E-state index in [2.05, 4.69) is 20.2 Å². The molecular formula is C10H7N7. The zero-order valence-electron chi connectivity index (χ0n) is 9.21. The van der Waals surface area contributed by atoms with Crippen LogP contribution >= 0.6 is 0 Å². The summed E-state index contributed by atoms with van der Waals surface area (Å²) in [6.07, 6.45) is 1.34. The third-order valence-corrected chi connectivity index (χ3v) is 2.28. The Morgan fingerprint density at radius 1 is 1.12 bits per heavy atom. The number of imidazole rings is 1. The fourth-order valence-corrected chi connectivity index (χ4v) is 1.24. The predicted octanol–water partition coefficient (Wildman–Crippen LogP) is 0.417. The largest absolute Gasteiger partial charge is 0.256 e. The molecule has 17 heavy (non-hydrogen) atoms. The number of aryl methyl sites for hydroxylation is 2. The van der Waals surface area contributed by atoms with Crippen molar-refractivity contribution in [3.8, 4) is 18.1 Å². The number of hydrogen-bond donors (Lipinski definition) is 0. The van der Waals surface area contributed by atoms with Crippen molar-refractivity contribution < 1.29 is 0 Å². The molecule has 0 N–H and O–H groups in total. The van der Waals surface area contributed by atoms with Crippen molar-refractivity contribution in [3.05, 3.63) is 29.1 Å². The first kappa shape index (κ1) is 10.7. The molecule has 0 fully saturated rings. The molecule has 2 rings (SSSR count). The summed E-state index contributed by atoms with van der Waals surface area (Å²) in [4.78, 5) is 7.99. The first-order valence-corrected chi connectivity index (χ1v) is 4.73. The number of rotatable bonds is 1. The molecule has 82 valence electrons. The molecular weight excluding hydrogens is 218 g/mol. The van der Waals surface area contributed by atoms with Crippen molar-refractivity contribution in [3.63, 3.8) is 0 Å². The summed E-state index contributed by atoms with van der Waals surface area (Å²) in [5, 5.41) is 25.5. The summed E-state index contributed by atoms with van der Waals surface area (Å²) in [5.74, 6) is 0.235. The Morgan fingerprint density at radius 3 is 2.47 bits per heavy atom. The SMILES string of the molecule is Cc1nnc(-n2cnc(C#N)c2C#N)nc1C. The molecule has 0 spiro atoms. The van der Waals surface area contributed by atoms with Gasteiger partial charge >= 0.3 is 0 Å². The monoisotopic (exact) mass is 225 g/mol. The van der Waals surface area contributed by atoms with Gasteiger partial charge in [-0.3, -0.25) is 4.57 Å². The third-order valence-electron chi connectivity index (χ3n) is 2.28. The van der Waals surface area contributed by atoms with Crippen LogP contribution in [-0.2, 0) is 0 Å². The van der Waals surface area contributed by atoms with Crippen LogP contribution in [0.3, 0.4) is 0 Å². The fourth-order valence-electron chi connectivity index (χ4n) is 1.24. The van der Waals surface area contributed by atoms with Gasteiger partial charge in [0.2, 0.25) is 0 Å². The maximum atomic E-state index is 8.97. The number of nitrogens with zero attached hydrogens (tertiary/aromatic N) is 7. The standard InChI is InChI=1S/C10H7N7/c1-6-7(2)15-16-10(14-6)17-5-13-8(3-11)9(17)4-12/h5H,1-2H3. The zero-order chi connectivity index (χ0) is 12.4. The summed E-state index contributed by atoms with van der Waals surface area (Å²) < 4.78 is 1.35. The molecule has 0 aromatic carbocycles. The van der Waals surface area contributed by atoms with Crippen molar-refractivity contribution in [2.45, 2.75) is 13.8 Å².